The summed E-state index contributed by atoms with van der Waals surface area (Å²) >= 11 is 0. The Bertz CT molecular complexity index is 1020. The lowest BCUT2D eigenvalue weighted by Gasteiger charge is -2.13. The molecule has 2 N–H and O–H groups in total. The predicted octanol–water partition coefficient (Wildman–Crippen LogP) is 4.76. The van der Waals surface area contributed by atoms with Crippen molar-refractivity contribution in [1.29, 1.82) is 5.26 Å². The second kappa shape index (κ2) is 6.33. The van der Waals surface area contributed by atoms with Crippen LogP contribution in [0.25, 0.3) is 22.4 Å². The van der Waals surface area contributed by atoms with Gasteiger partial charge < -0.3 is 5.73 Å². The van der Waals surface area contributed by atoms with Crippen LogP contribution >= 0.6 is 0 Å². The fourth-order valence-electron chi connectivity index (χ4n) is 2.84. The molecule has 25 heavy (non-hydrogen) atoms. The third-order valence-corrected chi connectivity index (χ3v) is 4.04. The largest absolute Gasteiger partial charge is 0.383 e. The monoisotopic (exact) mass is 335 g/mol. The summed E-state index contributed by atoms with van der Waals surface area (Å²) in [6.07, 6.45) is 0. The van der Waals surface area contributed by atoms with Crippen LogP contribution in [0.3, 0.4) is 0 Å². The van der Waals surface area contributed by atoms with Gasteiger partial charge in [0.05, 0.1) is 5.69 Å². The lowest BCUT2D eigenvalue weighted by molar-refractivity contribution is 0.603. The summed E-state index contributed by atoms with van der Waals surface area (Å²) < 4.78 is 27.8. The molecule has 5 heteroatoms. The lowest BCUT2D eigenvalue weighted by atomic mass is 9.96. The van der Waals surface area contributed by atoms with Crippen LogP contribution in [0.1, 0.15) is 16.7 Å². The average molecular weight is 335 g/mol. The number of nitrogens with two attached hydrogens (primary N) is 1. The summed E-state index contributed by atoms with van der Waals surface area (Å²) in [5, 5.41) is 9.39. The van der Waals surface area contributed by atoms with Crippen molar-refractivity contribution in [3.8, 4) is 28.5 Å². The maximum Gasteiger partial charge on any atom is 0.142 e. The molecule has 3 aromatic rings. The molecule has 0 saturated carbocycles. The topological polar surface area (TPSA) is 62.7 Å². The summed E-state index contributed by atoms with van der Waals surface area (Å²) in [5.74, 6) is -1.24. The molecule has 124 valence electrons. The number of hydrogen-bond acceptors (Lipinski definition) is 3. The molecule has 0 bridgehead atoms. The number of pyridine rings is 1. The van der Waals surface area contributed by atoms with Gasteiger partial charge in [-0.25, -0.2) is 13.8 Å². The Morgan fingerprint density at radius 1 is 0.960 bits per heavy atom. The minimum Gasteiger partial charge on any atom is -0.383 e. The minimum atomic E-state index is -0.630. The highest BCUT2D eigenvalue weighted by molar-refractivity contribution is 5.81. The zero-order valence-electron chi connectivity index (χ0n) is 13.8. The van der Waals surface area contributed by atoms with Gasteiger partial charge in [-0.15, -0.1) is 0 Å². The van der Waals surface area contributed by atoms with Crippen LogP contribution in [0, 0.1) is 36.8 Å². The number of aryl methyl sites for hydroxylation is 2. The number of rotatable bonds is 2. The average Bonchev–Trinajstić information content (AvgIpc) is 2.56. The molecule has 3 rings (SSSR count). The minimum absolute atomic E-state index is 0.0152. The van der Waals surface area contributed by atoms with Gasteiger partial charge in [0.1, 0.15) is 29.1 Å². The normalized spacial score (nSPS) is 10.5. The van der Waals surface area contributed by atoms with Gasteiger partial charge in [-0.1, -0.05) is 23.8 Å². The van der Waals surface area contributed by atoms with E-state index in [9.17, 15) is 14.0 Å². The van der Waals surface area contributed by atoms with E-state index in [1.54, 1.807) is 6.07 Å². The van der Waals surface area contributed by atoms with Crippen molar-refractivity contribution in [3.05, 3.63) is 70.8 Å². The Hall–Kier alpha value is -3.26. The first-order valence-electron chi connectivity index (χ1n) is 7.64. The van der Waals surface area contributed by atoms with Crippen LogP contribution in [0.4, 0.5) is 14.6 Å². The fraction of sp³-hybridized carbons (Fsp3) is 0.100. The molecule has 0 aliphatic rings. The number of halogens is 2. The summed E-state index contributed by atoms with van der Waals surface area (Å²) in [7, 11) is 0. The van der Waals surface area contributed by atoms with Crippen molar-refractivity contribution in [1.82, 2.24) is 4.98 Å². The number of nitriles is 1. The van der Waals surface area contributed by atoms with Crippen LogP contribution in [0.2, 0.25) is 0 Å². The number of anilines is 1. The van der Waals surface area contributed by atoms with Gasteiger partial charge in [0.25, 0.3) is 0 Å². The third kappa shape index (κ3) is 3.07. The highest BCUT2D eigenvalue weighted by Crippen LogP contribution is 2.34. The Labute approximate surface area is 144 Å². The molecule has 0 atom stereocenters. The Balaban J connectivity index is 2.30. The SMILES string of the molecule is Cc1ccc(-c2cc(-c3cc(F)ccc3F)c(C#N)c(N)n2)c(C)c1. The maximum atomic E-state index is 14.2. The summed E-state index contributed by atoms with van der Waals surface area (Å²) in [4.78, 5) is 4.28. The summed E-state index contributed by atoms with van der Waals surface area (Å²) in [6.45, 7) is 3.91. The van der Waals surface area contributed by atoms with Crippen LogP contribution in [0.15, 0.2) is 42.5 Å². The molecule has 0 unspecified atom stereocenters. The van der Waals surface area contributed by atoms with Crippen LogP contribution < -0.4 is 5.73 Å². The molecule has 3 nitrogen and oxygen atoms in total. The van der Waals surface area contributed by atoms with E-state index in [1.165, 1.54) is 0 Å². The highest BCUT2D eigenvalue weighted by Gasteiger charge is 2.17. The van der Waals surface area contributed by atoms with E-state index in [-0.39, 0.29) is 22.5 Å². The molecule has 1 aromatic heterocycles. The first-order chi connectivity index (χ1) is 11.9. The molecule has 2 aromatic carbocycles. The van der Waals surface area contributed by atoms with Gasteiger partial charge in [0, 0.05) is 16.7 Å². The standard InChI is InChI=1S/C20H15F2N3/c1-11-3-5-14(12(2)7-11)19-9-15(17(10-23)20(24)25-19)16-8-13(21)4-6-18(16)22/h3-9H,1-2H3,(H2,24,25). The van der Waals surface area contributed by atoms with Crippen LogP contribution in [-0.2, 0) is 0 Å². The molecular formula is C20H15F2N3. The molecule has 0 spiro atoms. The van der Waals surface area contributed by atoms with Gasteiger partial charge in [0.2, 0.25) is 0 Å². The number of aromatic nitrogens is 1. The van der Waals surface area contributed by atoms with E-state index < -0.39 is 11.6 Å². The van der Waals surface area contributed by atoms with Gasteiger partial charge >= 0.3 is 0 Å². The molecule has 0 amide bonds. The van der Waals surface area contributed by atoms with E-state index in [1.807, 2.05) is 38.1 Å². The second-order valence-electron chi connectivity index (χ2n) is 5.87. The molecule has 1 heterocycles. The fourth-order valence-corrected chi connectivity index (χ4v) is 2.84. The summed E-state index contributed by atoms with van der Waals surface area (Å²) in [6, 6.07) is 12.4. The van der Waals surface area contributed by atoms with Gasteiger partial charge in [-0.05, 0) is 43.7 Å². The molecule has 0 saturated heterocycles. The van der Waals surface area contributed by atoms with Gasteiger partial charge in [-0.3, -0.25) is 0 Å². The Morgan fingerprint density at radius 3 is 2.40 bits per heavy atom. The van der Waals surface area contributed by atoms with E-state index >= 15 is 0 Å². The molecule has 0 radical (unpaired) electrons. The highest BCUT2D eigenvalue weighted by atomic mass is 19.1. The number of nitrogens with zero attached hydrogens (tertiary/aromatic N) is 2. The van der Waals surface area contributed by atoms with Crippen molar-refractivity contribution < 1.29 is 8.78 Å². The predicted molar refractivity (Wildman–Crippen MR) is 93.6 cm³/mol. The lowest BCUT2D eigenvalue weighted by Crippen LogP contribution is -2.01. The van der Waals surface area contributed by atoms with Gasteiger partial charge in [0.15, 0.2) is 0 Å². The van der Waals surface area contributed by atoms with Crippen molar-refractivity contribution >= 4 is 5.82 Å². The van der Waals surface area contributed by atoms with E-state index in [2.05, 4.69) is 4.98 Å². The number of nitrogen functional groups attached to an aromatic ring is 1. The molecule has 0 aliphatic heterocycles. The van der Waals surface area contributed by atoms with E-state index in [0.29, 0.717) is 5.69 Å². The smallest absolute Gasteiger partial charge is 0.142 e. The Kier molecular flexibility index (Phi) is 4.20. The van der Waals surface area contributed by atoms with Crippen LogP contribution in [0.5, 0.6) is 0 Å². The number of hydrogen-bond donors (Lipinski definition) is 1. The first kappa shape index (κ1) is 16.6. The Morgan fingerprint density at radius 2 is 1.72 bits per heavy atom. The maximum absolute atomic E-state index is 14.2. The first-order valence-corrected chi connectivity index (χ1v) is 7.64. The molecule has 0 fully saturated rings. The number of benzene rings is 2. The van der Waals surface area contributed by atoms with Crippen LogP contribution in [-0.4, -0.2) is 4.98 Å². The van der Waals surface area contributed by atoms with Crippen molar-refractivity contribution in [2.75, 3.05) is 5.73 Å². The molecular weight excluding hydrogens is 320 g/mol. The third-order valence-electron chi connectivity index (χ3n) is 4.04. The second-order valence-corrected chi connectivity index (χ2v) is 5.87. The van der Waals surface area contributed by atoms with E-state index in [4.69, 9.17) is 5.73 Å². The zero-order chi connectivity index (χ0) is 18.1. The van der Waals surface area contributed by atoms with Crippen molar-refractivity contribution in [2.24, 2.45) is 0 Å². The quantitative estimate of drug-likeness (QED) is 0.734. The molecule has 0 aliphatic carbocycles. The van der Waals surface area contributed by atoms with E-state index in [0.717, 1.165) is 34.9 Å². The summed E-state index contributed by atoms with van der Waals surface area (Å²) in [5.41, 5.74) is 9.56. The van der Waals surface area contributed by atoms with Crippen molar-refractivity contribution in [2.45, 2.75) is 13.8 Å². The van der Waals surface area contributed by atoms with Crippen molar-refractivity contribution in [3.63, 3.8) is 0 Å². The van der Waals surface area contributed by atoms with Gasteiger partial charge in [-0.2, -0.15) is 5.26 Å². The zero-order valence-corrected chi connectivity index (χ0v) is 13.8.